The summed E-state index contributed by atoms with van der Waals surface area (Å²) in [5.41, 5.74) is 14.6. The molecule has 0 aliphatic rings. The Labute approximate surface area is 357 Å². The monoisotopic (exact) mass is 792 g/mol. The summed E-state index contributed by atoms with van der Waals surface area (Å²) in [7, 11) is 0. The number of nitrogens with zero attached hydrogens (tertiary/aromatic N) is 4. The van der Waals surface area contributed by atoms with E-state index in [1.807, 2.05) is 30.3 Å². The van der Waals surface area contributed by atoms with E-state index in [9.17, 15) is 0 Å². The van der Waals surface area contributed by atoms with Gasteiger partial charge in [-0.3, -0.25) is 0 Å². The van der Waals surface area contributed by atoms with Crippen LogP contribution in [-0.4, -0.2) is 19.5 Å². The van der Waals surface area contributed by atoms with Crippen molar-refractivity contribution in [2.24, 2.45) is 0 Å². The molecule has 0 atom stereocenters. The third kappa shape index (κ3) is 6.23. The molecule has 0 amide bonds. The van der Waals surface area contributed by atoms with Crippen molar-refractivity contribution in [2.45, 2.75) is 0 Å². The van der Waals surface area contributed by atoms with Gasteiger partial charge in [0.05, 0.1) is 11.0 Å². The summed E-state index contributed by atoms with van der Waals surface area (Å²) in [6.45, 7) is 0. The van der Waals surface area contributed by atoms with Gasteiger partial charge in [0.25, 0.3) is 0 Å². The second-order valence-corrected chi connectivity index (χ2v) is 15.6. The molecule has 0 N–H and O–H groups in total. The zero-order valence-corrected chi connectivity index (χ0v) is 33.5. The summed E-state index contributed by atoms with van der Waals surface area (Å²) in [6, 6.07) is 76.4. The van der Waals surface area contributed by atoms with E-state index in [0.717, 1.165) is 66.6 Å². The molecule has 9 aromatic carbocycles. The van der Waals surface area contributed by atoms with Gasteiger partial charge in [-0.2, -0.15) is 0 Å². The lowest BCUT2D eigenvalue weighted by Gasteiger charge is -2.12. The topological polar surface area (TPSA) is 56.7 Å². The Morgan fingerprint density at radius 2 is 0.710 bits per heavy atom. The van der Waals surface area contributed by atoms with E-state index >= 15 is 0 Å². The van der Waals surface area contributed by atoms with Gasteiger partial charge >= 0.3 is 0 Å². The first kappa shape index (κ1) is 35.5. The predicted octanol–water partition coefficient (Wildman–Crippen LogP) is 14.9. The summed E-state index contributed by atoms with van der Waals surface area (Å²) in [5, 5.41) is 4.62. The van der Waals surface area contributed by atoms with Crippen molar-refractivity contribution in [3.05, 3.63) is 218 Å². The molecule has 0 bridgehead atoms. The van der Waals surface area contributed by atoms with E-state index in [2.05, 4.69) is 193 Å². The first-order valence-corrected chi connectivity index (χ1v) is 20.8. The van der Waals surface area contributed by atoms with Crippen molar-refractivity contribution < 1.29 is 4.42 Å². The maximum atomic E-state index is 6.31. The number of hydrogen-bond donors (Lipinski definition) is 0. The van der Waals surface area contributed by atoms with Crippen LogP contribution < -0.4 is 0 Å². The van der Waals surface area contributed by atoms with Crippen molar-refractivity contribution in [2.75, 3.05) is 0 Å². The lowest BCUT2D eigenvalue weighted by atomic mass is 9.99. The summed E-state index contributed by atoms with van der Waals surface area (Å²) in [6.07, 6.45) is 0. The molecule has 12 aromatic rings. The maximum Gasteiger partial charge on any atom is 0.164 e. The molecule has 3 heterocycles. The zero-order chi connectivity index (χ0) is 41.0. The Morgan fingerprint density at radius 3 is 1.37 bits per heavy atom. The minimum atomic E-state index is 0.576. The quantitative estimate of drug-likeness (QED) is 0.161. The highest BCUT2D eigenvalue weighted by Gasteiger charge is 2.17. The Bertz CT molecular complexity index is 3570. The molecular formula is C57H36N4O. The lowest BCUT2D eigenvalue weighted by Crippen LogP contribution is -2.00. The van der Waals surface area contributed by atoms with Crippen molar-refractivity contribution in [1.82, 2.24) is 19.5 Å². The van der Waals surface area contributed by atoms with Crippen LogP contribution in [0.15, 0.2) is 223 Å². The van der Waals surface area contributed by atoms with Gasteiger partial charge in [0.1, 0.15) is 11.2 Å². The van der Waals surface area contributed by atoms with Crippen LogP contribution in [-0.2, 0) is 0 Å². The van der Waals surface area contributed by atoms with E-state index in [1.165, 1.54) is 32.9 Å². The molecule has 0 fully saturated rings. The number of rotatable bonds is 7. The van der Waals surface area contributed by atoms with Crippen LogP contribution in [0.1, 0.15) is 0 Å². The van der Waals surface area contributed by atoms with Gasteiger partial charge in [-0.05, 0) is 81.9 Å². The fourth-order valence-corrected chi connectivity index (χ4v) is 8.79. The second kappa shape index (κ2) is 14.7. The standard InChI is InChI=1S/C57H36N4O/c1-2-12-37(13-3-1)38-24-26-39(27-25-38)40-28-30-41(31-29-40)55-58-56(60-57(59-55)45-32-33-50-49-20-6-9-23-53(49)62-54(50)36-45)44-16-10-14-42(34-44)43-15-11-17-46(35-43)61-51-21-7-4-18-47(51)48-19-5-8-22-52(48)61/h1-36H. The second-order valence-electron chi connectivity index (χ2n) is 15.6. The van der Waals surface area contributed by atoms with Crippen molar-refractivity contribution in [3.63, 3.8) is 0 Å². The van der Waals surface area contributed by atoms with Crippen LogP contribution in [0.3, 0.4) is 0 Å². The predicted molar refractivity (Wildman–Crippen MR) is 254 cm³/mol. The van der Waals surface area contributed by atoms with Crippen molar-refractivity contribution >= 4 is 43.7 Å². The van der Waals surface area contributed by atoms with Gasteiger partial charge in [0.15, 0.2) is 17.5 Å². The molecule has 12 rings (SSSR count). The largest absolute Gasteiger partial charge is 0.456 e. The lowest BCUT2D eigenvalue weighted by molar-refractivity contribution is 0.669. The highest BCUT2D eigenvalue weighted by atomic mass is 16.3. The van der Waals surface area contributed by atoms with Gasteiger partial charge in [0.2, 0.25) is 0 Å². The molecule has 5 heteroatoms. The molecule has 290 valence electrons. The fourth-order valence-electron chi connectivity index (χ4n) is 8.79. The highest BCUT2D eigenvalue weighted by Crippen LogP contribution is 2.36. The molecule has 62 heavy (non-hydrogen) atoms. The first-order valence-electron chi connectivity index (χ1n) is 20.8. The fraction of sp³-hybridized carbons (Fsp3) is 0. The first-order chi connectivity index (χ1) is 30.7. The molecule has 5 nitrogen and oxygen atoms in total. The summed E-state index contributed by atoms with van der Waals surface area (Å²) < 4.78 is 8.66. The van der Waals surface area contributed by atoms with Gasteiger partial charge < -0.3 is 8.98 Å². The maximum absolute atomic E-state index is 6.31. The van der Waals surface area contributed by atoms with Crippen LogP contribution in [0.2, 0.25) is 0 Å². The van der Waals surface area contributed by atoms with Gasteiger partial charge in [-0.15, -0.1) is 0 Å². The Kier molecular flexibility index (Phi) is 8.42. The molecule has 0 spiro atoms. The van der Waals surface area contributed by atoms with Crippen LogP contribution in [0.25, 0.3) is 117 Å². The molecule has 0 saturated carbocycles. The number of hydrogen-bond acceptors (Lipinski definition) is 4. The third-order valence-electron chi connectivity index (χ3n) is 11.9. The normalized spacial score (nSPS) is 11.5. The minimum absolute atomic E-state index is 0.576. The van der Waals surface area contributed by atoms with E-state index in [0.29, 0.717) is 17.5 Å². The highest BCUT2D eigenvalue weighted by molar-refractivity contribution is 6.09. The van der Waals surface area contributed by atoms with Crippen LogP contribution in [0.4, 0.5) is 0 Å². The number of fused-ring (bicyclic) bond motifs is 6. The average Bonchev–Trinajstić information content (AvgIpc) is 3.90. The van der Waals surface area contributed by atoms with Crippen molar-refractivity contribution in [3.8, 4) is 73.2 Å². The van der Waals surface area contributed by atoms with Crippen LogP contribution >= 0.6 is 0 Å². The number of aromatic nitrogens is 4. The van der Waals surface area contributed by atoms with Crippen LogP contribution in [0.5, 0.6) is 0 Å². The van der Waals surface area contributed by atoms with Crippen molar-refractivity contribution in [1.29, 1.82) is 0 Å². The Morgan fingerprint density at radius 1 is 0.274 bits per heavy atom. The summed E-state index contributed by atoms with van der Waals surface area (Å²) in [4.78, 5) is 15.4. The Hall–Kier alpha value is -8.41. The van der Waals surface area contributed by atoms with Gasteiger partial charge in [-0.25, -0.2) is 15.0 Å². The molecule has 0 saturated heterocycles. The third-order valence-corrected chi connectivity index (χ3v) is 11.9. The number of para-hydroxylation sites is 3. The van der Waals surface area contributed by atoms with Crippen LogP contribution in [0, 0.1) is 0 Å². The minimum Gasteiger partial charge on any atom is -0.456 e. The molecule has 0 unspecified atom stereocenters. The molecule has 0 aliphatic carbocycles. The SMILES string of the molecule is c1ccc(-c2ccc(-c3ccc(-c4nc(-c5cccc(-c6cccc(-n7c8ccccc8c8ccccc87)c6)c5)nc(-c5ccc6c(c5)oc5ccccc56)n4)cc3)cc2)cc1. The van der Waals surface area contributed by atoms with Gasteiger partial charge in [0, 0.05) is 43.9 Å². The van der Waals surface area contributed by atoms with E-state index in [1.54, 1.807) is 0 Å². The van der Waals surface area contributed by atoms with E-state index in [-0.39, 0.29) is 0 Å². The van der Waals surface area contributed by atoms with E-state index < -0.39 is 0 Å². The molecule has 3 aromatic heterocycles. The van der Waals surface area contributed by atoms with E-state index in [4.69, 9.17) is 19.4 Å². The molecule has 0 radical (unpaired) electrons. The smallest absolute Gasteiger partial charge is 0.164 e. The molecular weight excluding hydrogens is 757 g/mol. The molecule has 0 aliphatic heterocycles. The summed E-state index contributed by atoms with van der Waals surface area (Å²) >= 11 is 0. The summed E-state index contributed by atoms with van der Waals surface area (Å²) in [5.74, 6) is 1.77. The number of furan rings is 1. The number of benzene rings is 9. The van der Waals surface area contributed by atoms with Gasteiger partial charge in [-0.1, -0.05) is 170 Å². The Balaban J connectivity index is 0.945. The average molecular weight is 793 g/mol. The zero-order valence-electron chi connectivity index (χ0n) is 33.5.